The van der Waals surface area contributed by atoms with Crippen molar-refractivity contribution < 1.29 is 0 Å². The van der Waals surface area contributed by atoms with Crippen molar-refractivity contribution in [1.82, 2.24) is 5.43 Å². The molecule has 0 heterocycles. The lowest BCUT2D eigenvalue weighted by Gasteiger charge is -2.01. The number of benzene rings is 1. The first-order valence-electron chi connectivity index (χ1n) is 3.01. The Morgan fingerprint density at radius 2 is 1.80 bits per heavy atom. The van der Waals surface area contributed by atoms with E-state index in [2.05, 4.69) is 10.9 Å². The molecular formula is C7H9ClN2. The van der Waals surface area contributed by atoms with E-state index in [4.69, 9.17) is 11.6 Å². The second-order valence-corrected chi connectivity index (χ2v) is 2.32. The van der Waals surface area contributed by atoms with E-state index < -0.39 is 0 Å². The smallest absolute Gasteiger partial charge is 0.0488 e. The van der Waals surface area contributed by atoms with E-state index >= 15 is 0 Å². The molecule has 0 aliphatic heterocycles. The highest BCUT2D eigenvalue weighted by atomic mass is 35.5. The summed E-state index contributed by atoms with van der Waals surface area (Å²) in [7, 11) is 1.81. The first-order valence-corrected chi connectivity index (χ1v) is 3.39. The fraction of sp³-hybridized carbons (Fsp3) is 0.143. The number of hydrazine groups is 1. The molecule has 1 rings (SSSR count). The highest BCUT2D eigenvalue weighted by molar-refractivity contribution is 6.30. The molecule has 0 radical (unpaired) electrons. The van der Waals surface area contributed by atoms with E-state index in [-0.39, 0.29) is 0 Å². The van der Waals surface area contributed by atoms with Crippen LogP contribution in [-0.4, -0.2) is 7.05 Å². The third-order valence-electron chi connectivity index (χ3n) is 1.11. The molecule has 3 heteroatoms. The van der Waals surface area contributed by atoms with Crippen molar-refractivity contribution in [2.75, 3.05) is 12.5 Å². The van der Waals surface area contributed by atoms with Gasteiger partial charge >= 0.3 is 0 Å². The van der Waals surface area contributed by atoms with Gasteiger partial charge in [0.2, 0.25) is 0 Å². The second-order valence-electron chi connectivity index (χ2n) is 1.88. The Kier molecular flexibility index (Phi) is 2.54. The van der Waals surface area contributed by atoms with Crippen LogP contribution >= 0.6 is 11.6 Å². The van der Waals surface area contributed by atoms with Crippen LogP contribution in [0.2, 0.25) is 5.02 Å². The zero-order valence-corrected chi connectivity index (χ0v) is 6.44. The van der Waals surface area contributed by atoms with E-state index in [0.29, 0.717) is 0 Å². The van der Waals surface area contributed by atoms with Gasteiger partial charge in [-0.15, -0.1) is 0 Å². The van der Waals surface area contributed by atoms with Gasteiger partial charge in [0.1, 0.15) is 0 Å². The van der Waals surface area contributed by atoms with Crippen LogP contribution in [0.1, 0.15) is 0 Å². The minimum atomic E-state index is 0.752. The van der Waals surface area contributed by atoms with Crippen molar-refractivity contribution in [2.24, 2.45) is 0 Å². The lowest BCUT2D eigenvalue weighted by Crippen LogP contribution is -2.14. The van der Waals surface area contributed by atoms with Crippen molar-refractivity contribution in [3.05, 3.63) is 29.3 Å². The van der Waals surface area contributed by atoms with Crippen LogP contribution in [0, 0.1) is 0 Å². The van der Waals surface area contributed by atoms with Crippen molar-refractivity contribution in [3.8, 4) is 0 Å². The molecule has 1 aromatic carbocycles. The molecular weight excluding hydrogens is 148 g/mol. The predicted molar refractivity (Wildman–Crippen MR) is 44.1 cm³/mol. The van der Waals surface area contributed by atoms with Crippen LogP contribution in [0.4, 0.5) is 5.69 Å². The standard InChI is InChI=1S/C7H9ClN2/c1-9-10-7-4-2-6(8)3-5-7/h2-5,9-10H,1H3. The van der Waals surface area contributed by atoms with Gasteiger partial charge in [-0.3, -0.25) is 0 Å². The molecule has 0 aliphatic carbocycles. The molecule has 2 N–H and O–H groups in total. The SMILES string of the molecule is CNNc1ccc(Cl)cc1. The van der Waals surface area contributed by atoms with E-state index in [9.17, 15) is 0 Å². The summed E-state index contributed by atoms with van der Waals surface area (Å²) in [5.41, 5.74) is 6.74. The summed E-state index contributed by atoms with van der Waals surface area (Å²) in [5, 5.41) is 0.752. The number of hydrogen-bond acceptors (Lipinski definition) is 2. The molecule has 0 aromatic heterocycles. The van der Waals surface area contributed by atoms with Crippen LogP contribution in [0.5, 0.6) is 0 Å². The topological polar surface area (TPSA) is 24.1 Å². The van der Waals surface area contributed by atoms with Crippen LogP contribution in [0.15, 0.2) is 24.3 Å². The van der Waals surface area contributed by atoms with Gasteiger partial charge in [0.25, 0.3) is 0 Å². The highest BCUT2D eigenvalue weighted by Crippen LogP contribution is 2.11. The van der Waals surface area contributed by atoms with Crippen LogP contribution < -0.4 is 10.9 Å². The molecule has 2 nitrogen and oxygen atoms in total. The van der Waals surface area contributed by atoms with Crippen LogP contribution in [-0.2, 0) is 0 Å². The summed E-state index contributed by atoms with van der Waals surface area (Å²) >= 11 is 5.66. The molecule has 0 fully saturated rings. The zero-order valence-electron chi connectivity index (χ0n) is 5.69. The zero-order chi connectivity index (χ0) is 7.40. The van der Waals surface area contributed by atoms with Gasteiger partial charge in [-0.2, -0.15) is 0 Å². The van der Waals surface area contributed by atoms with Crippen LogP contribution in [0.25, 0.3) is 0 Å². The lowest BCUT2D eigenvalue weighted by atomic mass is 10.3. The summed E-state index contributed by atoms with van der Waals surface area (Å²) in [4.78, 5) is 0. The molecule has 54 valence electrons. The van der Waals surface area contributed by atoms with Gasteiger partial charge in [0.15, 0.2) is 0 Å². The molecule has 0 spiro atoms. The third kappa shape index (κ3) is 1.90. The molecule has 0 saturated heterocycles. The fourth-order valence-corrected chi connectivity index (χ4v) is 0.804. The maximum absolute atomic E-state index is 5.66. The maximum Gasteiger partial charge on any atom is 0.0488 e. The maximum atomic E-state index is 5.66. The minimum Gasteiger partial charge on any atom is -0.322 e. The Balaban J connectivity index is 2.69. The molecule has 0 bridgehead atoms. The second kappa shape index (κ2) is 3.44. The summed E-state index contributed by atoms with van der Waals surface area (Å²) in [5.74, 6) is 0. The minimum absolute atomic E-state index is 0.752. The molecule has 1 aromatic rings. The van der Waals surface area contributed by atoms with Gasteiger partial charge in [0.05, 0.1) is 0 Å². The van der Waals surface area contributed by atoms with Crippen molar-refractivity contribution in [1.29, 1.82) is 0 Å². The number of halogens is 1. The quantitative estimate of drug-likeness (QED) is 0.639. The van der Waals surface area contributed by atoms with Crippen molar-refractivity contribution >= 4 is 17.3 Å². The molecule has 0 saturated carbocycles. The molecule has 0 unspecified atom stereocenters. The number of rotatable bonds is 2. The Bertz CT molecular complexity index is 195. The summed E-state index contributed by atoms with van der Waals surface area (Å²) in [6.07, 6.45) is 0. The van der Waals surface area contributed by atoms with Gasteiger partial charge in [-0.25, -0.2) is 5.43 Å². The first kappa shape index (κ1) is 7.38. The largest absolute Gasteiger partial charge is 0.322 e. The Morgan fingerprint density at radius 1 is 1.20 bits per heavy atom. The van der Waals surface area contributed by atoms with Gasteiger partial charge in [-0.05, 0) is 24.3 Å². The summed E-state index contributed by atoms with van der Waals surface area (Å²) < 4.78 is 0. The van der Waals surface area contributed by atoms with E-state index in [1.54, 1.807) is 0 Å². The van der Waals surface area contributed by atoms with Gasteiger partial charge in [-0.1, -0.05) is 11.6 Å². The Labute approximate surface area is 65.2 Å². The normalized spacial score (nSPS) is 9.40. The monoisotopic (exact) mass is 156 g/mol. The third-order valence-corrected chi connectivity index (χ3v) is 1.37. The molecule has 0 aliphatic rings. The molecule has 0 atom stereocenters. The number of anilines is 1. The predicted octanol–water partition coefficient (Wildman–Crippen LogP) is 1.89. The number of nitrogens with one attached hydrogen (secondary N) is 2. The average Bonchev–Trinajstić information content (AvgIpc) is 1.95. The fourth-order valence-electron chi connectivity index (χ4n) is 0.678. The first-order chi connectivity index (χ1) is 4.83. The lowest BCUT2D eigenvalue weighted by molar-refractivity contribution is 0.984. The van der Waals surface area contributed by atoms with E-state index in [1.165, 1.54) is 0 Å². The summed E-state index contributed by atoms with van der Waals surface area (Å²) in [6.45, 7) is 0. The Hall–Kier alpha value is -0.730. The van der Waals surface area contributed by atoms with Crippen molar-refractivity contribution in [3.63, 3.8) is 0 Å². The van der Waals surface area contributed by atoms with Crippen LogP contribution in [0.3, 0.4) is 0 Å². The summed E-state index contributed by atoms with van der Waals surface area (Å²) in [6, 6.07) is 7.47. The highest BCUT2D eigenvalue weighted by Gasteiger charge is 1.87. The van der Waals surface area contributed by atoms with E-state index in [0.717, 1.165) is 10.7 Å². The number of hydrogen-bond donors (Lipinski definition) is 2. The van der Waals surface area contributed by atoms with Crippen molar-refractivity contribution in [2.45, 2.75) is 0 Å². The average molecular weight is 157 g/mol. The Morgan fingerprint density at radius 3 is 2.30 bits per heavy atom. The van der Waals surface area contributed by atoms with Gasteiger partial charge in [0, 0.05) is 17.8 Å². The van der Waals surface area contributed by atoms with Gasteiger partial charge < -0.3 is 5.43 Å². The molecule has 0 amide bonds. The van der Waals surface area contributed by atoms with E-state index in [1.807, 2.05) is 31.3 Å². The molecule has 10 heavy (non-hydrogen) atoms.